The van der Waals surface area contributed by atoms with Crippen LogP contribution in [0, 0.1) is 6.92 Å². The van der Waals surface area contributed by atoms with Gasteiger partial charge in [0.25, 0.3) is 0 Å². The monoisotopic (exact) mass is 440 g/mol. The molecule has 1 N–H and O–H groups in total. The molecule has 3 heterocycles. The summed E-state index contributed by atoms with van der Waals surface area (Å²) in [7, 11) is 1.69. The Labute approximate surface area is 193 Å². The number of aryl methyl sites for hydroxylation is 1. The molecule has 1 aliphatic heterocycles. The normalized spacial score (nSPS) is 17.9. The van der Waals surface area contributed by atoms with Crippen molar-refractivity contribution < 1.29 is 4.74 Å². The summed E-state index contributed by atoms with van der Waals surface area (Å²) < 4.78 is 7.99. The molecule has 0 bridgehead atoms. The van der Waals surface area contributed by atoms with Gasteiger partial charge >= 0.3 is 0 Å². The number of aromatic nitrogens is 2. The Morgan fingerprint density at radius 1 is 0.906 bits per heavy atom. The first-order chi connectivity index (χ1) is 15.7. The average Bonchev–Trinajstić information content (AvgIpc) is 3.39. The Bertz CT molecular complexity index is 1240. The number of anilines is 1. The van der Waals surface area contributed by atoms with Crippen LogP contribution in [0.1, 0.15) is 29.2 Å². The number of para-hydroxylation sites is 3. The van der Waals surface area contributed by atoms with E-state index in [0.717, 1.165) is 34.2 Å². The number of hydrogen-bond acceptors (Lipinski definition) is 3. The zero-order chi connectivity index (χ0) is 22.1. The second-order valence-electron chi connectivity index (χ2n) is 7.74. The molecule has 0 unspecified atom stereocenters. The number of benzene rings is 2. The van der Waals surface area contributed by atoms with Crippen LogP contribution < -0.4 is 15.0 Å². The van der Waals surface area contributed by atoms with Crippen LogP contribution >= 0.6 is 12.2 Å². The first-order valence-electron chi connectivity index (χ1n) is 10.6. The van der Waals surface area contributed by atoms with Crippen LogP contribution in [0.2, 0.25) is 0 Å². The largest absolute Gasteiger partial charge is 0.495 e. The molecule has 5 nitrogen and oxygen atoms in total. The van der Waals surface area contributed by atoms with E-state index in [2.05, 4.69) is 63.1 Å². The minimum atomic E-state index is -0.123. The van der Waals surface area contributed by atoms with Gasteiger partial charge < -0.3 is 19.5 Å². The molecule has 0 aliphatic carbocycles. The molecular weight excluding hydrogens is 416 g/mol. The smallest absolute Gasteiger partial charge is 0.174 e. The summed E-state index contributed by atoms with van der Waals surface area (Å²) in [5.41, 5.74) is 5.26. The molecule has 5 rings (SSSR count). The van der Waals surface area contributed by atoms with Crippen molar-refractivity contribution in [2.45, 2.75) is 19.0 Å². The van der Waals surface area contributed by atoms with Gasteiger partial charge in [-0.05, 0) is 67.7 Å². The summed E-state index contributed by atoms with van der Waals surface area (Å²) >= 11 is 5.87. The highest BCUT2D eigenvalue weighted by Gasteiger charge is 2.43. The van der Waals surface area contributed by atoms with Crippen LogP contribution in [0.4, 0.5) is 5.69 Å². The summed E-state index contributed by atoms with van der Waals surface area (Å²) in [5.74, 6) is 0.776. The quantitative estimate of drug-likeness (QED) is 0.423. The van der Waals surface area contributed by atoms with Crippen LogP contribution in [-0.2, 0) is 0 Å². The van der Waals surface area contributed by atoms with E-state index in [0.29, 0.717) is 5.11 Å². The highest BCUT2D eigenvalue weighted by atomic mass is 32.1. The Hall–Kier alpha value is -3.64. The van der Waals surface area contributed by atoms with Gasteiger partial charge in [0.15, 0.2) is 5.11 Å². The van der Waals surface area contributed by atoms with Crippen LogP contribution in [0.15, 0.2) is 91.1 Å². The van der Waals surface area contributed by atoms with E-state index in [9.17, 15) is 0 Å². The maximum absolute atomic E-state index is 5.87. The van der Waals surface area contributed by atoms with Crippen molar-refractivity contribution in [3.8, 4) is 11.4 Å². The summed E-state index contributed by atoms with van der Waals surface area (Å²) in [6, 6.07) is 28.5. The third kappa shape index (κ3) is 3.42. The lowest BCUT2D eigenvalue weighted by molar-refractivity contribution is 0.414. The molecule has 32 heavy (non-hydrogen) atoms. The SMILES string of the molecule is COc1ccccc1N1C(=S)N[C@@H](c2ccccn2)[C@@H]1c1ccc(C)n1-c1ccccc1. The molecule has 1 fully saturated rings. The van der Waals surface area contributed by atoms with Gasteiger partial charge in [0.05, 0.1) is 24.5 Å². The average molecular weight is 441 g/mol. The van der Waals surface area contributed by atoms with Gasteiger partial charge in [0, 0.05) is 23.3 Å². The maximum atomic E-state index is 5.87. The van der Waals surface area contributed by atoms with Crippen molar-refractivity contribution in [3.05, 3.63) is 108 Å². The Morgan fingerprint density at radius 2 is 1.66 bits per heavy atom. The molecule has 2 aromatic carbocycles. The van der Waals surface area contributed by atoms with Crippen LogP contribution in [0.5, 0.6) is 5.75 Å². The first kappa shape index (κ1) is 20.3. The fourth-order valence-corrected chi connectivity index (χ4v) is 4.80. The highest BCUT2D eigenvalue weighted by molar-refractivity contribution is 7.80. The molecule has 1 aliphatic rings. The number of nitrogens with one attached hydrogen (secondary N) is 1. The zero-order valence-corrected chi connectivity index (χ0v) is 18.8. The molecule has 1 saturated heterocycles. The van der Waals surface area contributed by atoms with Crippen molar-refractivity contribution in [3.63, 3.8) is 0 Å². The van der Waals surface area contributed by atoms with Gasteiger partial charge in [-0.25, -0.2) is 0 Å². The number of pyridine rings is 1. The number of rotatable bonds is 5. The predicted molar refractivity (Wildman–Crippen MR) is 131 cm³/mol. The lowest BCUT2D eigenvalue weighted by Gasteiger charge is -2.30. The van der Waals surface area contributed by atoms with Crippen molar-refractivity contribution in [1.29, 1.82) is 0 Å². The van der Waals surface area contributed by atoms with Crippen LogP contribution in [0.25, 0.3) is 5.69 Å². The van der Waals surface area contributed by atoms with Gasteiger partial charge in [-0.2, -0.15) is 0 Å². The van der Waals surface area contributed by atoms with Crippen LogP contribution in [0.3, 0.4) is 0 Å². The number of nitrogens with zero attached hydrogens (tertiary/aromatic N) is 3. The summed E-state index contributed by atoms with van der Waals surface area (Å²) in [4.78, 5) is 6.82. The minimum absolute atomic E-state index is 0.120. The maximum Gasteiger partial charge on any atom is 0.174 e. The Morgan fingerprint density at radius 3 is 2.41 bits per heavy atom. The zero-order valence-electron chi connectivity index (χ0n) is 18.0. The highest BCUT2D eigenvalue weighted by Crippen LogP contribution is 2.45. The number of hydrogen-bond donors (Lipinski definition) is 1. The van der Waals surface area contributed by atoms with Crippen molar-refractivity contribution in [2.24, 2.45) is 0 Å². The number of methoxy groups -OCH3 is 1. The number of thiocarbonyl (C=S) groups is 1. The second-order valence-corrected chi connectivity index (χ2v) is 8.13. The summed E-state index contributed by atoms with van der Waals surface area (Å²) in [5, 5.41) is 4.18. The Balaban J connectivity index is 1.72. The van der Waals surface area contributed by atoms with Gasteiger partial charge in [-0.1, -0.05) is 36.4 Å². The molecule has 2 aromatic heterocycles. The van der Waals surface area contributed by atoms with E-state index >= 15 is 0 Å². The number of ether oxygens (including phenoxy) is 1. The van der Waals surface area contributed by atoms with Crippen LogP contribution in [-0.4, -0.2) is 21.8 Å². The lowest BCUT2D eigenvalue weighted by atomic mass is 10.0. The molecule has 160 valence electrons. The van der Waals surface area contributed by atoms with Gasteiger partial charge in [0.1, 0.15) is 11.8 Å². The molecule has 4 aromatic rings. The topological polar surface area (TPSA) is 42.3 Å². The minimum Gasteiger partial charge on any atom is -0.495 e. The van der Waals surface area contributed by atoms with Gasteiger partial charge in [-0.3, -0.25) is 4.98 Å². The van der Waals surface area contributed by atoms with Gasteiger partial charge in [0.2, 0.25) is 0 Å². The molecular formula is C26H24N4OS. The van der Waals surface area contributed by atoms with E-state index in [1.807, 2.05) is 54.7 Å². The molecule has 6 heteroatoms. The third-order valence-corrected chi connectivity index (χ3v) is 6.18. The van der Waals surface area contributed by atoms with Crippen molar-refractivity contribution in [2.75, 3.05) is 12.0 Å². The van der Waals surface area contributed by atoms with E-state index in [1.165, 1.54) is 0 Å². The molecule has 0 saturated carbocycles. The van der Waals surface area contributed by atoms with Crippen molar-refractivity contribution in [1.82, 2.24) is 14.9 Å². The van der Waals surface area contributed by atoms with Gasteiger partial charge in [-0.15, -0.1) is 0 Å². The molecule has 0 amide bonds. The predicted octanol–water partition coefficient (Wildman–Crippen LogP) is 5.37. The molecule has 2 atom stereocenters. The fourth-order valence-electron chi connectivity index (χ4n) is 4.46. The summed E-state index contributed by atoms with van der Waals surface area (Å²) in [6.45, 7) is 2.13. The third-order valence-electron chi connectivity index (χ3n) is 5.87. The summed E-state index contributed by atoms with van der Waals surface area (Å²) in [6.07, 6.45) is 1.82. The lowest BCUT2D eigenvalue weighted by Crippen LogP contribution is -2.30. The van der Waals surface area contributed by atoms with E-state index in [-0.39, 0.29) is 12.1 Å². The fraction of sp³-hybridized carbons (Fsp3) is 0.154. The van der Waals surface area contributed by atoms with E-state index in [4.69, 9.17) is 17.0 Å². The Kier molecular flexibility index (Phi) is 5.37. The van der Waals surface area contributed by atoms with E-state index < -0.39 is 0 Å². The first-order valence-corrected chi connectivity index (χ1v) is 11.0. The van der Waals surface area contributed by atoms with E-state index in [1.54, 1.807) is 7.11 Å². The standard InChI is InChI=1S/C26H24N4OS/c1-18-15-16-22(29(18)19-10-4-3-5-11-19)25-24(20-12-8-9-17-27-20)28-26(32)30(25)21-13-6-7-14-23(21)31-2/h3-17,24-25H,1-2H3,(H,28,32)/t24-,25-/m0/s1. The van der Waals surface area contributed by atoms with Crippen molar-refractivity contribution >= 4 is 23.0 Å². The molecule has 0 spiro atoms. The second kappa shape index (κ2) is 8.48. The molecule has 0 radical (unpaired) electrons.